The fourth-order valence-corrected chi connectivity index (χ4v) is 4.56. The molecule has 2 fully saturated rings. The summed E-state index contributed by atoms with van der Waals surface area (Å²) in [6, 6.07) is 8.52. The van der Waals surface area contributed by atoms with Crippen molar-refractivity contribution in [1.82, 2.24) is 9.21 Å². The van der Waals surface area contributed by atoms with E-state index in [1.807, 2.05) is 11.8 Å². The number of sulfonamides is 1. The highest BCUT2D eigenvalue weighted by atomic mass is 32.2. The number of nitrogens with zero attached hydrogens (tertiary/aromatic N) is 2. The lowest BCUT2D eigenvalue weighted by Gasteiger charge is -2.36. The van der Waals surface area contributed by atoms with Crippen LogP contribution >= 0.6 is 0 Å². The maximum Gasteiger partial charge on any atom is 0.243 e. The van der Waals surface area contributed by atoms with Crippen LogP contribution in [0.1, 0.15) is 13.3 Å². The fourth-order valence-electron chi connectivity index (χ4n) is 3.07. The SMILES string of the molecule is C[C@@H]1CC2CN(S(=O)(=O)c3ccccc3)CCN2C1=O. The monoisotopic (exact) mass is 294 g/mol. The Hall–Kier alpha value is -1.40. The maximum atomic E-state index is 12.6. The molecule has 1 unspecified atom stereocenters. The molecule has 108 valence electrons. The van der Waals surface area contributed by atoms with Gasteiger partial charge in [-0.1, -0.05) is 25.1 Å². The lowest BCUT2D eigenvalue weighted by Crippen LogP contribution is -2.53. The first-order chi connectivity index (χ1) is 9.50. The first kappa shape index (κ1) is 13.6. The zero-order valence-electron chi connectivity index (χ0n) is 11.4. The van der Waals surface area contributed by atoms with Crippen LogP contribution < -0.4 is 0 Å². The van der Waals surface area contributed by atoms with Gasteiger partial charge in [0.2, 0.25) is 15.9 Å². The van der Waals surface area contributed by atoms with E-state index >= 15 is 0 Å². The predicted octanol–water partition coefficient (Wildman–Crippen LogP) is 0.928. The third kappa shape index (κ3) is 2.13. The Morgan fingerprint density at radius 1 is 1.15 bits per heavy atom. The van der Waals surface area contributed by atoms with Crippen LogP contribution in [0.25, 0.3) is 0 Å². The van der Waals surface area contributed by atoms with Crippen molar-refractivity contribution >= 4 is 15.9 Å². The molecule has 0 radical (unpaired) electrons. The van der Waals surface area contributed by atoms with Gasteiger partial charge in [-0.2, -0.15) is 4.31 Å². The zero-order chi connectivity index (χ0) is 14.3. The summed E-state index contributed by atoms with van der Waals surface area (Å²) in [4.78, 5) is 14.1. The van der Waals surface area contributed by atoms with E-state index in [1.54, 1.807) is 30.3 Å². The largest absolute Gasteiger partial charge is 0.337 e. The Balaban J connectivity index is 1.82. The van der Waals surface area contributed by atoms with Crippen molar-refractivity contribution < 1.29 is 13.2 Å². The second kappa shape index (κ2) is 4.86. The van der Waals surface area contributed by atoms with Crippen LogP contribution in [-0.4, -0.2) is 49.2 Å². The quantitative estimate of drug-likeness (QED) is 0.815. The first-order valence-corrected chi connectivity index (χ1v) is 8.30. The van der Waals surface area contributed by atoms with Crippen LogP contribution in [0, 0.1) is 5.92 Å². The van der Waals surface area contributed by atoms with Crippen LogP contribution in [0.4, 0.5) is 0 Å². The van der Waals surface area contributed by atoms with Gasteiger partial charge >= 0.3 is 0 Å². The number of hydrogen-bond donors (Lipinski definition) is 0. The molecule has 0 saturated carbocycles. The molecule has 2 heterocycles. The molecule has 20 heavy (non-hydrogen) atoms. The molecule has 3 rings (SSSR count). The van der Waals surface area contributed by atoms with Gasteiger partial charge in [0.05, 0.1) is 4.90 Å². The second-order valence-electron chi connectivity index (χ2n) is 5.50. The van der Waals surface area contributed by atoms with Crippen LogP contribution in [0.2, 0.25) is 0 Å². The van der Waals surface area contributed by atoms with Gasteiger partial charge in [-0.15, -0.1) is 0 Å². The van der Waals surface area contributed by atoms with E-state index in [-0.39, 0.29) is 17.9 Å². The van der Waals surface area contributed by atoms with Crippen molar-refractivity contribution in [2.75, 3.05) is 19.6 Å². The number of benzene rings is 1. The van der Waals surface area contributed by atoms with Crippen molar-refractivity contribution in [1.29, 1.82) is 0 Å². The average Bonchev–Trinajstić information content (AvgIpc) is 2.74. The number of carbonyl (C=O) groups excluding carboxylic acids is 1. The summed E-state index contributed by atoms with van der Waals surface area (Å²) in [5, 5.41) is 0. The maximum absolute atomic E-state index is 12.6. The molecule has 0 N–H and O–H groups in total. The molecule has 0 spiro atoms. The van der Waals surface area contributed by atoms with E-state index in [9.17, 15) is 13.2 Å². The number of piperazine rings is 1. The molecule has 1 aromatic rings. The minimum atomic E-state index is -3.44. The molecule has 5 nitrogen and oxygen atoms in total. The normalized spacial score (nSPS) is 27.6. The summed E-state index contributed by atoms with van der Waals surface area (Å²) in [6.07, 6.45) is 0.750. The number of fused-ring (bicyclic) bond motifs is 1. The summed E-state index contributed by atoms with van der Waals surface area (Å²) in [6.45, 7) is 3.20. The molecule has 2 atom stereocenters. The molecule has 0 bridgehead atoms. The van der Waals surface area contributed by atoms with Gasteiger partial charge in [0.25, 0.3) is 0 Å². The van der Waals surface area contributed by atoms with E-state index in [0.29, 0.717) is 24.5 Å². The topological polar surface area (TPSA) is 57.7 Å². The highest BCUT2D eigenvalue weighted by molar-refractivity contribution is 7.89. The molecule has 1 amide bonds. The first-order valence-electron chi connectivity index (χ1n) is 6.86. The highest BCUT2D eigenvalue weighted by Gasteiger charge is 2.42. The second-order valence-corrected chi connectivity index (χ2v) is 7.44. The number of hydrogen-bond acceptors (Lipinski definition) is 3. The number of carbonyl (C=O) groups is 1. The lowest BCUT2D eigenvalue weighted by atomic mass is 10.1. The summed E-state index contributed by atoms with van der Waals surface area (Å²) in [7, 11) is -3.44. The van der Waals surface area contributed by atoms with Gasteiger partial charge in [0, 0.05) is 31.6 Å². The Kier molecular flexibility index (Phi) is 3.30. The van der Waals surface area contributed by atoms with Crippen molar-refractivity contribution in [3.63, 3.8) is 0 Å². The van der Waals surface area contributed by atoms with Gasteiger partial charge in [0.1, 0.15) is 0 Å². The summed E-state index contributed by atoms with van der Waals surface area (Å²) in [5.41, 5.74) is 0. The Bertz CT molecular complexity index is 615. The third-order valence-electron chi connectivity index (χ3n) is 4.16. The fraction of sp³-hybridized carbons (Fsp3) is 0.500. The summed E-state index contributed by atoms with van der Waals surface area (Å²) in [5.74, 6) is 0.172. The summed E-state index contributed by atoms with van der Waals surface area (Å²) >= 11 is 0. The number of amides is 1. The molecule has 0 aromatic heterocycles. The minimum Gasteiger partial charge on any atom is -0.337 e. The number of rotatable bonds is 2. The van der Waals surface area contributed by atoms with Crippen molar-refractivity contribution in [2.24, 2.45) is 5.92 Å². The summed E-state index contributed by atoms with van der Waals surface area (Å²) < 4.78 is 26.6. The van der Waals surface area contributed by atoms with Gasteiger partial charge < -0.3 is 4.90 Å². The van der Waals surface area contributed by atoms with Gasteiger partial charge in [-0.3, -0.25) is 4.79 Å². The van der Waals surface area contributed by atoms with Gasteiger partial charge in [0.15, 0.2) is 0 Å². The van der Waals surface area contributed by atoms with E-state index in [1.165, 1.54) is 4.31 Å². The molecule has 6 heteroatoms. The van der Waals surface area contributed by atoms with Crippen LogP contribution in [0.5, 0.6) is 0 Å². The molecule has 2 aliphatic rings. The zero-order valence-corrected chi connectivity index (χ0v) is 12.2. The van der Waals surface area contributed by atoms with E-state index in [4.69, 9.17) is 0 Å². The Morgan fingerprint density at radius 3 is 2.55 bits per heavy atom. The Morgan fingerprint density at radius 2 is 1.85 bits per heavy atom. The molecular formula is C14H18N2O3S. The standard InChI is InChI=1S/C14H18N2O3S/c1-11-9-12-10-15(7-8-16(12)14(11)17)20(18,19)13-5-3-2-4-6-13/h2-6,11-12H,7-10H2,1H3/t11-,12?/m1/s1. The molecular weight excluding hydrogens is 276 g/mol. The average molecular weight is 294 g/mol. The Labute approximate surface area is 119 Å². The smallest absolute Gasteiger partial charge is 0.243 e. The predicted molar refractivity (Wildman–Crippen MR) is 74.5 cm³/mol. The molecule has 0 aliphatic carbocycles. The highest BCUT2D eigenvalue weighted by Crippen LogP contribution is 2.29. The van der Waals surface area contributed by atoms with Crippen LogP contribution in [-0.2, 0) is 14.8 Å². The van der Waals surface area contributed by atoms with Crippen molar-refractivity contribution in [3.05, 3.63) is 30.3 Å². The third-order valence-corrected chi connectivity index (χ3v) is 6.04. The van der Waals surface area contributed by atoms with E-state index in [2.05, 4.69) is 0 Å². The van der Waals surface area contributed by atoms with Gasteiger partial charge in [-0.05, 0) is 18.6 Å². The molecule has 2 saturated heterocycles. The molecule has 1 aromatic carbocycles. The van der Waals surface area contributed by atoms with Gasteiger partial charge in [-0.25, -0.2) is 8.42 Å². The van der Waals surface area contributed by atoms with E-state index in [0.717, 1.165) is 6.42 Å². The minimum absolute atomic E-state index is 0.0133. The van der Waals surface area contributed by atoms with Crippen LogP contribution in [0.3, 0.4) is 0 Å². The van der Waals surface area contributed by atoms with Crippen molar-refractivity contribution in [2.45, 2.75) is 24.3 Å². The lowest BCUT2D eigenvalue weighted by molar-refractivity contribution is -0.132. The van der Waals surface area contributed by atoms with E-state index < -0.39 is 10.0 Å². The molecule has 2 aliphatic heterocycles. The van der Waals surface area contributed by atoms with Crippen LogP contribution in [0.15, 0.2) is 35.2 Å². The van der Waals surface area contributed by atoms with Crippen molar-refractivity contribution in [3.8, 4) is 0 Å².